The Kier molecular flexibility index (Phi) is 8.17. The second kappa shape index (κ2) is 9.08. The van der Waals surface area contributed by atoms with Gasteiger partial charge in [-0.3, -0.25) is 4.79 Å². The molecule has 1 rings (SSSR count). The lowest BCUT2D eigenvalue weighted by Gasteiger charge is -2.26. The minimum atomic E-state index is -0.375. The molecule has 1 aliphatic heterocycles. The van der Waals surface area contributed by atoms with Crippen molar-refractivity contribution in [3.63, 3.8) is 0 Å². The second-order valence-electron chi connectivity index (χ2n) is 3.66. The third-order valence-electron chi connectivity index (χ3n) is 2.71. The first kappa shape index (κ1) is 17.1. The van der Waals surface area contributed by atoms with Crippen LogP contribution in [0, 0.1) is 5.92 Å². The van der Waals surface area contributed by atoms with Gasteiger partial charge >= 0.3 is 0 Å². The summed E-state index contributed by atoms with van der Waals surface area (Å²) < 4.78 is 0. The summed E-state index contributed by atoms with van der Waals surface area (Å²) in [5.41, 5.74) is 7.71. The van der Waals surface area contributed by atoms with Crippen molar-refractivity contribution in [3.8, 4) is 0 Å². The summed E-state index contributed by atoms with van der Waals surface area (Å²) in [6.45, 7) is 5.87. The Morgan fingerprint density at radius 2 is 2.11 bits per heavy atom. The van der Waals surface area contributed by atoms with Gasteiger partial charge in [0.15, 0.2) is 0 Å². The normalized spacial score (nSPS) is 18.8. The van der Waals surface area contributed by atoms with Gasteiger partial charge in [0.05, 0.1) is 17.3 Å². The number of hydrogen-bond acceptors (Lipinski definition) is 4. The number of nitrogens with two attached hydrogens (primary N) is 1. The summed E-state index contributed by atoms with van der Waals surface area (Å²) in [6.07, 6.45) is 4.91. The van der Waals surface area contributed by atoms with Crippen molar-refractivity contribution in [2.45, 2.75) is 33.6 Å². The third kappa shape index (κ3) is 4.05. The van der Waals surface area contributed by atoms with Crippen LogP contribution < -0.4 is 11.1 Å². The summed E-state index contributed by atoms with van der Waals surface area (Å²) in [7, 11) is 1.57. The van der Waals surface area contributed by atoms with Gasteiger partial charge in [0, 0.05) is 25.2 Å². The minimum Gasteiger partial charge on any atom is -0.403 e. The Balaban J connectivity index is 0.00000154. The molecule has 1 unspecified atom stereocenters. The fourth-order valence-electron chi connectivity index (χ4n) is 1.82. The maximum Gasteiger partial charge on any atom is 0.228 e. The number of rotatable bonds is 5. The van der Waals surface area contributed by atoms with E-state index in [1.807, 2.05) is 26.8 Å². The highest BCUT2D eigenvalue weighted by Gasteiger charge is 2.32. The molecule has 3 N–H and O–H groups in total. The van der Waals surface area contributed by atoms with Crippen molar-refractivity contribution < 1.29 is 9.59 Å². The number of aldehydes is 1. The van der Waals surface area contributed by atoms with Crippen LogP contribution in [-0.2, 0) is 9.59 Å². The average molecular weight is 265 g/mol. The first-order valence-corrected chi connectivity index (χ1v) is 6.52. The van der Waals surface area contributed by atoms with Crippen molar-refractivity contribution in [3.05, 3.63) is 23.5 Å². The van der Waals surface area contributed by atoms with E-state index in [0.717, 1.165) is 11.9 Å². The Morgan fingerprint density at radius 1 is 1.47 bits per heavy atom. The Labute approximate surface area is 114 Å². The lowest BCUT2D eigenvalue weighted by Crippen LogP contribution is -2.37. The number of aliphatic imine (C=N–C) groups is 1. The minimum absolute atomic E-state index is 0.124. The molecular weight excluding hydrogens is 242 g/mol. The lowest BCUT2D eigenvalue weighted by atomic mass is 9.86. The van der Waals surface area contributed by atoms with Gasteiger partial charge in [-0.25, -0.2) is 4.99 Å². The predicted molar refractivity (Wildman–Crippen MR) is 77.7 cm³/mol. The molecule has 1 atom stereocenters. The van der Waals surface area contributed by atoms with E-state index >= 15 is 0 Å². The van der Waals surface area contributed by atoms with E-state index in [1.165, 1.54) is 6.20 Å². The van der Waals surface area contributed by atoms with E-state index in [9.17, 15) is 9.59 Å². The zero-order valence-electron chi connectivity index (χ0n) is 12.1. The van der Waals surface area contributed by atoms with Gasteiger partial charge in [0.1, 0.15) is 6.29 Å². The molecule has 0 aliphatic carbocycles. The fourth-order valence-corrected chi connectivity index (χ4v) is 1.82. The largest absolute Gasteiger partial charge is 0.403 e. The number of nitrogens with one attached hydrogen (secondary N) is 1. The summed E-state index contributed by atoms with van der Waals surface area (Å²) >= 11 is 0. The number of allylic oxidation sites excluding steroid dienone is 2. The first-order chi connectivity index (χ1) is 9.19. The molecule has 5 nitrogen and oxygen atoms in total. The van der Waals surface area contributed by atoms with Crippen LogP contribution in [-0.4, -0.2) is 25.0 Å². The smallest absolute Gasteiger partial charge is 0.228 e. The number of nitrogens with zero attached hydrogens (tertiary/aromatic N) is 1. The van der Waals surface area contributed by atoms with E-state index in [1.54, 1.807) is 7.05 Å². The summed E-state index contributed by atoms with van der Waals surface area (Å²) in [5, 5.41) is 2.59. The Morgan fingerprint density at radius 3 is 2.53 bits per heavy atom. The van der Waals surface area contributed by atoms with Crippen LogP contribution in [0.5, 0.6) is 0 Å². The molecule has 0 aromatic heterocycles. The van der Waals surface area contributed by atoms with Gasteiger partial charge in [-0.15, -0.1) is 0 Å². The molecule has 0 bridgehead atoms. The second-order valence-corrected chi connectivity index (χ2v) is 3.66. The monoisotopic (exact) mass is 265 g/mol. The molecule has 0 spiro atoms. The van der Waals surface area contributed by atoms with Gasteiger partial charge in [-0.1, -0.05) is 19.9 Å². The van der Waals surface area contributed by atoms with Crippen molar-refractivity contribution >= 4 is 17.9 Å². The van der Waals surface area contributed by atoms with E-state index in [-0.39, 0.29) is 11.8 Å². The molecule has 1 aliphatic rings. The van der Waals surface area contributed by atoms with Gasteiger partial charge in [-0.2, -0.15) is 0 Å². The third-order valence-corrected chi connectivity index (χ3v) is 2.71. The standard InChI is InChI=1S/C12H17N3O2.C2H6/c1-3-8-10(7-13)15-11(8)9(5-4-6-16)12(17)14-2;1-2/h3,6-7,9H,4-5,13H2,1-2H3,(H,14,17);1-2H3/b8-3+,10-7+;. The van der Waals surface area contributed by atoms with Crippen LogP contribution in [0.2, 0.25) is 0 Å². The summed E-state index contributed by atoms with van der Waals surface area (Å²) in [4.78, 5) is 26.3. The fraction of sp³-hybridized carbons (Fsp3) is 0.500. The van der Waals surface area contributed by atoms with Crippen LogP contribution in [0.4, 0.5) is 0 Å². The van der Waals surface area contributed by atoms with E-state index in [0.29, 0.717) is 24.3 Å². The molecule has 5 heteroatoms. The number of amides is 1. The van der Waals surface area contributed by atoms with Crippen LogP contribution in [0.15, 0.2) is 28.5 Å². The van der Waals surface area contributed by atoms with Crippen molar-refractivity contribution in [1.82, 2.24) is 5.32 Å². The molecule has 0 aromatic rings. The van der Waals surface area contributed by atoms with Gasteiger partial charge in [0.25, 0.3) is 0 Å². The van der Waals surface area contributed by atoms with Crippen LogP contribution in [0.3, 0.4) is 0 Å². The van der Waals surface area contributed by atoms with Crippen LogP contribution in [0.25, 0.3) is 0 Å². The van der Waals surface area contributed by atoms with Crippen molar-refractivity contribution in [2.24, 2.45) is 16.6 Å². The highest BCUT2D eigenvalue weighted by molar-refractivity contribution is 6.19. The summed E-state index contributed by atoms with van der Waals surface area (Å²) in [5.74, 6) is -0.499. The Bertz CT molecular complexity index is 409. The number of carbonyl (C=O) groups is 2. The molecule has 19 heavy (non-hydrogen) atoms. The van der Waals surface area contributed by atoms with Gasteiger partial charge < -0.3 is 15.8 Å². The highest BCUT2D eigenvalue weighted by atomic mass is 16.1. The maximum atomic E-state index is 11.7. The van der Waals surface area contributed by atoms with Crippen LogP contribution in [0.1, 0.15) is 33.6 Å². The van der Waals surface area contributed by atoms with E-state index in [2.05, 4.69) is 10.3 Å². The maximum absolute atomic E-state index is 11.7. The molecule has 0 saturated heterocycles. The zero-order chi connectivity index (χ0) is 14.8. The molecule has 1 heterocycles. The Hall–Kier alpha value is -1.91. The highest BCUT2D eigenvalue weighted by Crippen LogP contribution is 2.30. The quantitative estimate of drug-likeness (QED) is 0.740. The molecular formula is C14H23N3O2. The van der Waals surface area contributed by atoms with E-state index < -0.39 is 0 Å². The van der Waals surface area contributed by atoms with E-state index in [4.69, 9.17) is 5.73 Å². The topological polar surface area (TPSA) is 84.5 Å². The zero-order valence-corrected chi connectivity index (χ0v) is 12.1. The molecule has 0 fully saturated rings. The van der Waals surface area contributed by atoms with Crippen LogP contribution >= 0.6 is 0 Å². The SMILES string of the molecule is C/C=C1C(C(CCC=O)C(=O)NC)=NC/1=C/N.CC. The predicted octanol–water partition coefficient (Wildman–Crippen LogP) is 1.55. The van der Waals surface area contributed by atoms with Gasteiger partial charge in [-0.05, 0) is 13.3 Å². The first-order valence-electron chi connectivity index (χ1n) is 6.52. The lowest BCUT2D eigenvalue weighted by molar-refractivity contribution is -0.122. The average Bonchev–Trinajstić information content (AvgIpc) is 2.43. The molecule has 0 aromatic carbocycles. The number of carbonyl (C=O) groups excluding carboxylic acids is 2. The molecule has 1 amide bonds. The molecule has 0 radical (unpaired) electrons. The van der Waals surface area contributed by atoms with Crippen molar-refractivity contribution in [2.75, 3.05) is 7.05 Å². The van der Waals surface area contributed by atoms with Crippen molar-refractivity contribution in [1.29, 1.82) is 0 Å². The molecule has 106 valence electrons. The number of hydrogen-bond donors (Lipinski definition) is 2. The summed E-state index contributed by atoms with van der Waals surface area (Å²) in [6, 6.07) is 0. The van der Waals surface area contributed by atoms with Gasteiger partial charge in [0.2, 0.25) is 5.91 Å². The molecule has 0 saturated carbocycles.